The highest BCUT2D eigenvalue weighted by atomic mass is 35.5. The van der Waals surface area contributed by atoms with Crippen LogP contribution in [0.15, 0.2) is 18.2 Å². The molecule has 0 saturated carbocycles. The molecule has 0 saturated heterocycles. The number of fused-ring (bicyclic) bond motifs is 1. The number of hydrogen-bond donors (Lipinski definition) is 1. The number of hydrogen-bond acceptors (Lipinski definition) is 1. The van der Waals surface area contributed by atoms with E-state index in [4.69, 9.17) is 16.7 Å². The number of carboxylic acid groups (broad SMARTS) is 1. The standard InChI is InChI=1S/C12H13ClO2/c1-7(12(14)15)9-4-8-2-3-11(13)6-10(8)5-9/h2-3,6-7,9H,4-5H2,1H3,(H,14,15). The molecule has 0 aliphatic heterocycles. The molecule has 0 bridgehead atoms. The first kappa shape index (κ1) is 10.5. The molecule has 2 unspecified atom stereocenters. The first-order valence-corrected chi connectivity index (χ1v) is 5.46. The SMILES string of the molecule is CC(C(=O)O)C1Cc2ccc(Cl)cc2C1. The van der Waals surface area contributed by atoms with Crippen molar-refractivity contribution in [3.63, 3.8) is 0 Å². The summed E-state index contributed by atoms with van der Waals surface area (Å²) in [6.07, 6.45) is 1.70. The Balaban J connectivity index is 2.19. The lowest BCUT2D eigenvalue weighted by Crippen LogP contribution is -2.20. The quantitative estimate of drug-likeness (QED) is 0.839. The van der Waals surface area contributed by atoms with Crippen LogP contribution in [0.4, 0.5) is 0 Å². The first-order chi connectivity index (χ1) is 7.08. The van der Waals surface area contributed by atoms with Crippen LogP contribution in [0.25, 0.3) is 0 Å². The third-order valence-corrected chi connectivity index (χ3v) is 3.46. The van der Waals surface area contributed by atoms with Crippen LogP contribution in [-0.4, -0.2) is 11.1 Å². The molecule has 2 atom stereocenters. The summed E-state index contributed by atoms with van der Waals surface area (Å²) < 4.78 is 0. The molecule has 0 radical (unpaired) electrons. The van der Waals surface area contributed by atoms with Gasteiger partial charge in [-0.2, -0.15) is 0 Å². The Morgan fingerprint density at radius 1 is 1.47 bits per heavy atom. The van der Waals surface area contributed by atoms with Gasteiger partial charge in [0.1, 0.15) is 0 Å². The minimum absolute atomic E-state index is 0.218. The number of carbonyl (C=O) groups is 1. The van der Waals surface area contributed by atoms with E-state index in [-0.39, 0.29) is 11.8 Å². The summed E-state index contributed by atoms with van der Waals surface area (Å²) in [7, 11) is 0. The van der Waals surface area contributed by atoms with Gasteiger partial charge in [-0.3, -0.25) is 4.79 Å². The molecule has 0 heterocycles. The van der Waals surface area contributed by atoms with Crippen molar-refractivity contribution in [2.75, 3.05) is 0 Å². The van der Waals surface area contributed by atoms with Gasteiger partial charge in [-0.05, 0) is 42.0 Å². The smallest absolute Gasteiger partial charge is 0.306 e. The highest BCUT2D eigenvalue weighted by Crippen LogP contribution is 2.33. The molecule has 2 nitrogen and oxygen atoms in total. The van der Waals surface area contributed by atoms with Gasteiger partial charge < -0.3 is 5.11 Å². The second kappa shape index (κ2) is 3.86. The van der Waals surface area contributed by atoms with Crippen molar-refractivity contribution >= 4 is 17.6 Å². The second-order valence-electron chi connectivity index (χ2n) is 4.21. The average Bonchev–Trinajstić information content (AvgIpc) is 2.58. The summed E-state index contributed by atoms with van der Waals surface area (Å²) in [5.74, 6) is -0.772. The van der Waals surface area contributed by atoms with Crippen LogP contribution in [0.2, 0.25) is 5.02 Å². The number of halogens is 1. The first-order valence-electron chi connectivity index (χ1n) is 5.08. The van der Waals surface area contributed by atoms with Crippen LogP contribution in [0.1, 0.15) is 18.1 Å². The van der Waals surface area contributed by atoms with Gasteiger partial charge in [0.25, 0.3) is 0 Å². The van der Waals surface area contributed by atoms with Crippen molar-refractivity contribution in [2.45, 2.75) is 19.8 Å². The normalized spacial score (nSPS) is 21.1. The van der Waals surface area contributed by atoms with Gasteiger partial charge >= 0.3 is 5.97 Å². The van der Waals surface area contributed by atoms with E-state index < -0.39 is 5.97 Å². The Kier molecular flexibility index (Phi) is 2.70. The molecular formula is C12H13ClO2. The average molecular weight is 225 g/mol. The van der Waals surface area contributed by atoms with Crippen molar-refractivity contribution in [2.24, 2.45) is 11.8 Å². The largest absolute Gasteiger partial charge is 0.481 e. The predicted molar refractivity (Wildman–Crippen MR) is 59.1 cm³/mol. The molecule has 0 aromatic heterocycles. The minimum atomic E-state index is -0.709. The van der Waals surface area contributed by atoms with Gasteiger partial charge in [0, 0.05) is 5.02 Å². The minimum Gasteiger partial charge on any atom is -0.481 e. The van der Waals surface area contributed by atoms with Crippen molar-refractivity contribution in [1.82, 2.24) is 0 Å². The Morgan fingerprint density at radius 3 is 2.80 bits per heavy atom. The van der Waals surface area contributed by atoms with Crippen LogP contribution in [0, 0.1) is 11.8 Å². The van der Waals surface area contributed by atoms with E-state index in [9.17, 15) is 4.79 Å². The number of carboxylic acids is 1. The topological polar surface area (TPSA) is 37.3 Å². The Morgan fingerprint density at radius 2 is 2.13 bits per heavy atom. The van der Waals surface area contributed by atoms with Gasteiger partial charge in [0.2, 0.25) is 0 Å². The molecule has 1 aromatic rings. The number of benzene rings is 1. The maximum absolute atomic E-state index is 10.9. The zero-order chi connectivity index (χ0) is 11.0. The van der Waals surface area contributed by atoms with Gasteiger partial charge in [0.05, 0.1) is 5.92 Å². The second-order valence-corrected chi connectivity index (χ2v) is 4.64. The molecule has 2 rings (SSSR count). The van der Waals surface area contributed by atoms with Crippen LogP contribution in [0.3, 0.4) is 0 Å². The molecule has 0 fully saturated rings. The maximum Gasteiger partial charge on any atom is 0.306 e. The summed E-state index contributed by atoms with van der Waals surface area (Å²) in [5, 5.41) is 9.68. The van der Waals surface area contributed by atoms with Crippen LogP contribution >= 0.6 is 11.6 Å². The van der Waals surface area contributed by atoms with E-state index in [1.54, 1.807) is 6.92 Å². The van der Waals surface area contributed by atoms with Gasteiger partial charge in [-0.1, -0.05) is 24.6 Å². The van der Waals surface area contributed by atoms with Crippen molar-refractivity contribution in [3.05, 3.63) is 34.3 Å². The monoisotopic (exact) mass is 224 g/mol. The molecule has 1 N–H and O–H groups in total. The molecule has 80 valence electrons. The lowest BCUT2D eigenvalue weighted by Gasteiger charge is -2.13. The maximum atomic E-state index is 10.9. The summed E-state index contributed by atoms with van der Waals surface area (Å²) >= 11 is 5.90. The van der Waals surface area contributed by atoms with Crippen LogP contribution in [-0.2, 0) is 17.6 Å². The number of aliphatic carboxylic acids is 1. The van der Waals surface area contributed by atoms with E-state index in [0.29, 0.717) is 0 Å². The van der Waals surface area contributed by atoms with Gasteiger partial charge in [-0.25, -0.2) is 0 Å². The van der Waals surface area contributed by atoms with Crippen molar-refractivity contribution in [1.29, 1.82) is 0 Å². The third-order valence-electron chi connectivity index (χ3n) is 3.23. The van der Waals surface area contributed by atoms with Crippen molar-refractivity contribution in [3.8, 4) is 0 Å². The lowest BCUT2D eigenvalue weighted by atomic mass is 9.91. The van der Waals surface area contributed by atoms with Gasteiger partial charge in [0.15, 0.2) is 0 Å². The van der Waals surface area contributed by atoms with E-state index in [1.165, 1.54) is 11.1 Å². The predicted octanol–water partition coefficient (Wildman–Crippen LogP) is 2.78. The van der Waals surface area contributed by atoms with Gasteiger partial charge in [-0.15, -0.1) is 0 Å². The molecule has 1 aliphatic rings. The molecular weight excluding hydrogens is 212 g/mol. The Hall–Kier alpha value is -1.02. The summed E-state index contributed by atoms with van der Waals surface area (Å²) in [5.41, 5.74) is 2.46. The van der Waals surface area contributed by atoms with E-state index in [2.05, 4.69) is 0 Å². The fraction of sp³-hybridized carbons (Fsp3) is 0.417. The molecule has 0 amide bonds. The Bertz CT molecular complexity index is 401. The zero-order valence-electron chi connectivity index (χ0n) is 8.53. The third kappa shape index (κ3) is 2.00. The van der Waals surface area contributed by atoms with Crippen LogP contribution in [0.5, 0.6) is 0 Å². The highest BCUT2D eigenvalue weighted by Gasteiger charge is 2.29. The van der Waals surface area contributed by atoms with Crippen LogP contribution < -0.4 is 0 Å². The summed E-state index contributed by atoms with van der Waals surface area (Å²) in [6, 6.07) is 5.83. The molecule has 1 aliphatic carbocycles. The van der Waals surface area contributed by atoms with Crippen molar-refractivity contribution < 1.29 is 9.90 Å². The molecule has 15 heavy (non-hydrogen) atoms. The number of rotatable bonds is 2. The summed E-state index contributed by atoms with van der Waals surface area (Å²) in [6.45, 7) is 1.78. The Labute approximate surface area is 93.9 Å². The fourth-order valence-electron chi connectivity index (χ4n) is 2.18. The van der Waals surface area contributed by atoms with E-state index in [0.717, 1.165) is 17.9 Å². The molecule has 1 aromatic carbocycles. The fourth-order valence-corrected chi connectivity index (χ4v) is 2.37. The highest BCUT2D eigenvalue weighted by molar-refractivity contribution is 6.30. The lowest BCUT2D eigenvalue weighted by molar-refractivity contribution is -0.142. The molecule has 0 spiro atoms. The molecule has 3 heteroatoms. The zero-order valence-corrected chi connectivity index (χ0v) is 9.29. The summed E-state index contributed by atoms with van der Waals surface area (Å²) in [4.78, 5) is 10.9. The van der Waals surface area contributed by atoms with E-state index in [1.807, 2.05) is 18.2 Å². The van der Waals surface area contributed by atoms with E-state index >= 15 is 0 Å².